The van der Waals surface area contributed by atoms with Gasteiger partial charge in [0.15, 0.2) is 0 Å². The first-order valence-corrected chi connectivity index (χ1v) is 9.06. The van der Waals surface area contributed by atoms with Crippen LogP contribution in [0.3, 0.4) is 0 Å². The number of rotatable bonds is 5. The first kappa shape index (κ1) is 18.7. The van der Waals surface area contributed by atoms with E-state index in [0.717, 1.165) is 11.4 Å². The Kier molecular flexibility index (Phi) is 5.01. The Balaban J connectivity index is 1.76. The van der Waals surface area contributed by atoms with Gasteiger partial charge in [0.25, 0.3) is 0 Å². The zero-order chi connectivity index (χ0) is 20.4. The van der Waals surface area contributed by atoms with Gasteiger partial charge in [0, 0.05) is 41.4 Å². The number of aromatic nitrogens is 4. The molecule has 0 bridgehead atoms. The molecule has 4 rings (SSSR count). The molecule has 29 heavy (non-hydrogen) atoms. The maximum atomic E-state index is 13.9. The van der Waals surface area contributed by atoms with Crippen molar-refractivity contribution in [2.45, 2.75) is 0 Å². The Hall–Kier alpha value is -3.65. The van der Waals surface area contributed by atoms with E-state index in [-0.39, 0.29) is 5.02 Å². The molecule has 2 aromatic carbocycles. The van der Waals surface area contributed by atoms with Gasteiger partial charge in [-0.1, -0.05) is 17.7 Å². The molecule has 0 aliphatic heterocycles. The molecule has 0 aliphatic rings. The standard InChI is InChI=1S/C20H17ClFN7/c1-29-11-17(9-25-29)27-20-24-10-18(12-5-13(21)7-14(22)6-12)19(28-20)26-16-4-2-3-15(23)8-16/h2-11H,23H2,1H3,(H2,24,26,27,28). The zero-order valence-corrected chi connectivity index (χ0v) is 16.2. The van der Waals surface area contributed by atoms with Crippen LogP contribution in [0.1, 0.15) is 0 Å². The molecule has 0 saturated heterocycles. The Labute approximate surface area is 171 Å². The third kappa shape index (κ3) is 4.44. The lowest BCUT2D eigenvalue weighted by molar-refractivity contribution is 0.628. The largest absolute Gasteiger partial charge is 0.399 e. The van der Waals surface area contributed by atoms with Crippen LogP contribution in [0.2, 0.25) is 5.02 Å². The number of aryl methyl sites for hydroxylation is 1. The van der Waals surface area contributed by atoms with Gasteiger partial charge < -0.3 is 16.4 Å². The summed E-state index contributed by atoms with van der Waals surface area (Å²) >= 11 is 6.03. The number of nitrogens with zero attached hydrogens (tertiary/aromatic N) is 4. The molecule has 7 nitrogen and oxygen atoms in total. The minimum absolute atomic E-state index is 0.285. The highest BCUT2D eigenvalue weighted by Gasteiger charge is 2.13. The number of hydrogen-bond donors (Lipinski definition) is 3. The fraction of sp³-hybridized carbons (Fsp3) is 0.0500. The number of nitrogens with two attached hydrogens (primary N) is 1. The molecule has 0 aliphatic carbocycles. The van der Waals surface area contributed by atoms with E-state index >= 15 is 0 Å². The molecular weight excluding hydrogens is 393 g/mol. The van der Waals surface area contributed by atoms with Gasteiger partial charge in [-0.3, -0.25) is 4.68 Å². The van der Waals surface area contributed by atoms with Gasteiger partial charge in [0.05, 0.1) is 11.9 Å². The summed E-state index contributed by atoms with van der Waals surface area (Å²) in [6, 6.07) is 11.5. The van der Waals surface area contributed by atoms with Crippen LogP contribution in [0.4, 0.5) is 33.2 Å². The number of nitrogen functional groups attached to an aromatic ring is 1. The lowest BCUT2D eigenvalue weighted by Crippen LogP contribution is -2.03. The first-order chi connectivity index (χ1) is 14.0. The Morgan fingerprint density at radius 3 is 2.66 bits per heavy atom. The van der Waals surface area contributed by atoms with Crippen LogP contribution in [0.25, 0.3) is 11.1 Å². The fourth-order valence-electron chi connectivity index (χ4n) is 2.83. The van der Waals surface area contributed by atoms with E-state index in [0.29, 0.717) is 28.6 Å². The monoisotopic (exact) mass is 409 g/mol. The van der Waals surface area contributed by atoms with E-state index in [1.165, 1.54) is 12.1 Å². The van der Waals surface area contributed by atoms with Crippen molar-refractivity contribution >= 4 is 40.4 Å². The van der Waals surface area contributed by atoms with E-state index in [4.69, 9.17) is 17.3 Å². The van der Waals surface area contributed by atoms with Crippen molar-refractivity contribution in [1.29, 1.82) is 0 Å². The van der Waals surface area contributed by atoms with Crippen LogP contribution in [-0.4, -0.2) is 19.7 Å². The number of nitrogens with one attached hydrogen (secondary N) is 2. The van der Waals surface area contributed by atoms with Crippen molar-refractivity contribution in [2.75, 3.05) is 16.4 Å². The Morgan fingerprint density at radius 2 is 1.93 bits per heavy atom. The lowest BCUT2D eigenvalue weighted by atomic mass is 10.1. The average Bonchev–Trinajstić information content (AvgIpc) is 3.06. The molecule has 0 unspecified atom stereocenters. The topological polar surface area (TPSA) is 93.7 Å². The van der Waals surface area contributed by atoms with Crippen molar-refractivity contribution in [1.82, 2.24) is 19.7 Å². The van der Waals surface area contributed by atoms with Crippen molar-refractivity contribution in [2.24, 2.45) is 7.05 Å². The van der Waals surface area contributed by atoms with Crippen LogP contribution in [0, 0.1) is 5.82 Å². The summed E-state index contributed by atoms with van der Waals surface area (Å²) in [5.41, 5.74) is 9.09. The normalized spacial score (nSPS) is 10.7. The fourth-order valence-corrected chi connectivity index (χ4v) is 3.05. The quantitative estimate of drug-likeness (QED) is 0.412. The van der Waals surface area contributed by atoms with Crippen LogP contribution < -0.4 is 16.4 Å². The third-order valence-electron chi connectivity index (χ3n) is 4.07. The summed E-state index contributed by atoms with van der Waals surface area (Å²) in [6.07, 6.45) is 5.06. The van der Waals surface area contributed by atoms with Crippen molar-refractivity contribution in [3.05, 3.63) is 71.9 Å². The highest BCUT2D eigenvalue weighted by molar-refractivity contribution is 6.30. The molecule has 4 N–H and O–H groups in total. The molecule has 2 aromatic heterocycles. The summed E-state index contributed by atoms with van der Waals surface area (Å²) in [5, 5.41) is 10.7. The van der Waals surface area contributed by atoms with Crippen molar-refractivity contribution in [3.8, 4) is 11.1 Å². The molecule has 0 saturated carbocycles. The summed E-state index contributed by atoms with van der Waals surface area (Å²) in [6.45, 7) is 0. The first-order valence-electron chi connectivity index (χ1n) is 8.68. The van der Waals surface area contributed by atoms with Crippen LogP contribution in [-0.2, 0) is 7.05 Å². The molecule has 0 fully saturated rings. The van der Waals surface area contributed by atoms with Crippen molar-refractivity contribution in [3.63, 3.8) is 0 Å². The van der Waals surface area contributed by atoms with Gasteiger partial charge in [-0.05, 0) is 42.0 Å². The molecule has 9 heteroatoms. The molecule has 0 radical (unpaired) electrons. The predicted octanol–water partition coefficient (Wildman–Crippen LogP) is 4.74. The molecule has 4 aromatic rings. The number of anilines is 5. The van der Waals surface area contributed by atoms with E-state index < -0.39 is 5.82 Å². The van der Waals surface area contributed by atoms with Gasteiger partial charge in [-0.15, -0.1) is 0 Å². The highest BCUT2D eigenvalue weighted by Crippen LogP contribution is 2.32. The van der Waals surface area contributed by atoms with Gasteiger partial charge in [-0.2, -0.15) is 10.1 Å². The van der Waals surface area contributed by atoms with E-state index in [9.17, 15) is 4.39 Å². The number of benzene rings is 2. The van der Waals surface area contributed by atoms with E-state index in [1.807, 2.05) is 19.2 Å². The summed E-state index contributed by atoms with van der Waals surface area (Å²) in [5.74, 6) is 0.384. The van der Waals surface area contributed by atoms with E-state index in [1.54, 1.807) is 41.5 Å². The summed E-state index contributed by atoms with van der Waals surface area (Å²) in [7, 11) is 1.82. The van der Waals surface area contributed by atoms with Gasteiger partial charge >= 0.3 is 0 Å². The maximum Gasteiger partial charge on any atom is 0.229 e. The molecule has 2 heterocycles. The highest BCUT2D eigenvalue weighted by atomic mass is 35.5. The number of halogens is 2. The summed E-state index contributed by atoms with van der Waals surface area (Å²) < 4.78 is 15.6. The maximum absolute atomic E-state index is 13.9. The second-order valence-corrected chi connectivity index (χ2v) is 6.83. The molecule has 0 spiro atoms. The van der Waals surface area contributed by atoms with Crippen LogP contribution in [0.15, 0.2) is 61.1 Å². The van der Waals surface area contributed by atoms with E-state index in [2.05, 4.69) is 25.7 Å². The third-order valence-corrected chi connectivity index (χ3v) is 4.29. The molecular formula is C20H17ClFN7. The minimum Gasteiger partial charge on any atom is -0.399 e. The Morgan fingerprint density at radius 1 is 1.07 bits per heavy atom. The van der Waals surface area contributed by atoms with Crippen LogP contribution >= 0.6 is 11.6 Å². The Bertz CT molecular complexity index is 1150. The zero-order valence-electron chi connectivity index (χ0n) is 15.4. The lowest BCUT2D eigenvalue weighted by Gasteiger charge is -2.13. The van der Waals surface area contributed by atoms with Crippen molar-refractivity contribution < 1.29 is 4.39 Å². The van der Waals surface area contributed by atoms with Gasteiger partial charge in [0.2, 0.25) is 5.95 Å². The second-order valence-electron chi connectivity index (χ2n) is 6.39. The minimum atomic E-state index is -0.444. The van der Waals surface area contributed by atoms with Crippen LogP contribution in [0.5, 0.6) is 0 Å². The second kappa shape index (κ2) is 7.76. The molecule has 0 atom stereocenters. The van der Waals surface area contributed by atoms with Gasteiger partial charge in [0.1, 0.15) is 11.6 Å². The van der Waals surface area contributed by atoms with Gasteiger partial charge in [-0.25, -0.2) is 9.37 Å². The molecule has 146 valence electrons. The summed E-state index contributed by atoms with van der Waals surface area (Å²) in [4.78, 5) is 8.91. The number of hydrogen-bond acceptors (Lipinski definition) is 6. The average molecular weight is 410 g/mol. The molecule has 0 amide bonds. The SMILES string of the molecule is Cn1cc(Nc2ncc(-c3cc(F)cc(Cl)c3)c(Nc3cccc(N)c3)n2)cn1. The smallest absolute Gasteiger partial charge is 0.229 e. The predicted molar refractivity (Wildman–Crippen MR) is 113 cm³/mol.